The van der Waals surface area contributed by atoms with Crippen LogP contribution in [0.25, 0.3) is 0 Å². The van der Waals surface area contributed by atoms with Crippen molar-refractivity contribution in [2.75, 3.05) is 13.7 Å². The van der Waals surface area contributed by atoms with Crippen LogP contribution in [0.15, 0.2) is 18.2 Å². The standard InChI is InChI=1S/C14H16ClN3O3/c1-4-9-6-7-10(11(8-9)19-3)21-14-17-12(15)16-13(18-14)20-5-2/h6-8H,4-5H2,1-3H3. The van der Waals surface area contributed by atoms with E-state index in [-0.39, 0.29) is 17.3 Å². The lowest BCUT2D eigenvalue weighted by molar-refractivity contribution is 0.301. The fourth-order valence-electron chi connectivity index (χ4n) is 1.67. The minimum absolute atomic E-state index is 0.00703. The first kappa shape index (κ1) is 15.3. The number of hydrogen-bond acceptors (Lipinski definition) is 6. The molecule has 1 aromatic carbocycles. The molecule has 0 atom stereocenters. The van der Waals surface area contributed by atoms with E-state index in [9.17, 15) is 0 Å². The Labute approximate surface area is 128 Å². The van der Waals surface area contributed by atoms with Gasteiger partial charge in [-0.25, -0.2) is 0 Å². The third-order valence-corrected chi connectivity index (χ3v) is 2.85. The molecule has 0 amide bonds. The molecule has 0 aliphatic rings. The minimum atomic E-state index is 0.00703. The van der Waals surface area contributed by atoms with Gasteiger partial charge in [-0.2, -0.15) is 9.97 Å². The van der Waals surface area contributed by atoms with Gasteiger partial charge in [0.15, 0.2) is 11.5 Å². The molecule has 0 saturated heterocycles. The number of hydrogen-bond donors (Lipinski definition) is 0. The smallest absolute Gasteiger partial charge is 0.329 e. The molecule has 21 heavy (non-hydrogen) atoms. The van der Waals surface area contributed by atoms with Crippen LogP contribution < -0.4 is 14.2 Å². The van der Waals surface area contributed by atoms with Gasteiger partial charge in [-0.1, -0.05) is 13.0 Å². The van der Waals surface area contributed by atoms with Crippen molar-refractivity contribution in [2.24, 2.45) is 0 Å². The third kappa shape index (κ3) is 3.95. The molecule has 0 bridgehead atoms. The molecule has 0 saturated carbocycles. The summed E-state index contributed by atoms with van der Waals surface area (Å²) in [5, 5.41) is 0.00703. The molecular formula is C14H16ClN3O3. The fourth-order valence-corrected chi connectivity index (χ4v) is 1.81. The van der Waals surface area contributed by atoms with E-state index in [1.165, 1.54) is 0 Å². The number of nitrogens with zero attached hydrogens (tertiary/aromatic N) is 3. The van der Waals surface area contributed by atoms with Crippen molar-refractivity contribution in [3.63, 3.8) is 0 Å². The Morgan fingerprint density at radius 2 is 1.81 bits per heavy atom. The highest BCUT2D eigenvalue weighted by Gasteiger charge is 2.11. The number of benzene rings is 1. The molecule has 0 fully saturated rings. The molecule has 1 aromatic heterocycles. The molecule has 0 unspecified atom stereocenters. The van der Waals surface area contributed by atoms with Crippen LogP contribution in [0, 0.1) is 0 Å². The number of methoxy groups -OCH3 is 1. The van der Waals surface area contributed by atoms with Gasteiger partial charge in [0, 0.05) is 0 Å². The average molecular weight is 310 g/mol. The van der Waals surface area contributed by atoms with Crippen LogP contribution in [0.2, 0.25) is 5.28 Å². The zero-order chi connectivity index (χ0) is 15.2. The number of aryl methyl sites for hydroxylation is 1. The van der Waals surface area contributed by atoms with Crippen LogP contribution in [0.4, 0.5) is 0 Å². The maximum atomic E-state index is 5.82. The molecule has 0 aliphatic heterocycles. The monoisotopic (exact) mass is 309 g/mol. The largest absolute Gasteiger partial charge is 0.493 e. The van der Waals surface area contributed by atoms with Crippen molar-refractivity contribution < 1.29 is 14.2 Å². The van der Waals surface area contributed by atoms with Gasteiger partial charge in [0.25, 0.3) is 0 Å². The first-order valence-electron chi connectivity index (χ1n) is 6.55. The number of ether oxygens (including phenoxy) is 3. The minimum Gasteiger partial charge on any atom is -0.493 e. The van der Waals surface area contributed by atoms with Crippen LogP contribution >= 0.6 is 11.6 Å². The fraction of sp³-hybridized carbons (Fsp3) is 0.357. The highest BCUT2D eigenvalue weighted by molar-refractivity contribution is 6.28. The van der Waals surface area contributed by atoms with Gasteiger partial charge in [-0.3, -0.25) is 0 Å². The molecule has 2 rings (SSSR count). The molecule has 0 radical (unpaired) electrons. The molecule has 7 heteroatoms. The second-order valence-electron chi connectivity index (χ2n) is 4.04. The van der Waals surface area contributed by atoms with Gasteiger partial charge in [0.1, 0.15) is 0 Å². The molecule has 2 aromatic rings. The number of aromatic nitrogens is 3. The topological polar surface area (TPSA) is 66.4 Å². The Morgan fingerprint density at radius 1 is 1.05 bits per heavy atom. The van der Waals surface area contributed by atoms with Gasteiger partial charge in [0.2, 0.25) is 5.28 Å². The van der Waals surface area contributed by atoms with Crippen LogP contribution in [0.5, 0.6) is 23.5 Å². The van der Waals surface area contributed by atoms with Crippen LogP contribution in [-0.2, 0) is 6.42 Å². The van der Waals surface area contributed by atoms with Gasteiger partial charge in [-0.15, -0.1) is 4.98 Å². The molecule has 112 valence electrons. The summed E-state index contributed by atoms with van der Waals surface area (Å²) in [7, 11) is 1.58. The summed E-state index contributed by atoms with van der Waals surface area (Å²) in [6.45, 7) is 4.31. The lowest BCUT2D eigenvalue weighted by Crippen LogP contribution is -2.02. The maximum Gasteiger partial charge on any atom is 0.329 e. The van der Waals surface area contributed by atoms with Crippen LogP contribution in [0.3, 0.4) is 0 Å². The first-order valence-corrected chi connectivity index (χ1v) is 6.93. The Hall–Kier alpha value is -2.08. The van der Waals surface area contributed by atoms with Gasteiger partial charge in [0.05, 0.1) is 13.7 Å². The summed E-state index contributed by atoms with van der Waals surface area (Å²) >= 11 is 5.82. The van der Waals surface area contributed by atoms with E-state index in [0.29, 0.717) is 18.1 Å². The van der Waals surface area contributed by atoms with Crippen molar-refractivity contribution in [1.82, 2.24) is 15.0 Å². The Kier molecular flexibility index (Phi) is 5.16. The highest BCUT2D eigenvalue weighted by atomic mass is 35.5. The SMILES string of the molecule is CCOc1nc(Cl)nc(Oc2ccc(CC)cc2OC)n1. The van der Waals surface area contributed by atoms with Crippen molar-refractivity contribution in [3.8, 4) is 23.5 Å². The summed E-state index contributed by atoms with van der Waals surface area (Å²) in [5.41, 5.74) is 1.14. The summed E-state index contributed by atoms with van der Waals surface area (Å²) in [6.07, 6.45) is 0.905. The summed E-state index contributed by atoms with van der Waals surface area (Å²) in [6, 6.07) is 5.83. The van der Waals surface area contributed by atoms with E-state index in [1.54, 1.807) is 13.2 Å². The molecular weight excluding hydrogens is 294 g/mol. The van der Waals surface area contributed by atoms with E-state index in [1.807, 2.05) is 19.1 Å². The van der Waals surface area contributed by atoms with E-state index >= 15 is 0 Å². The van der Waals surface area contributed by atoms with Crippen LogP contribution in [-0.4, -0.2) is 28.7 Å². The molecule has 6 nitrogen and oxygen atoms in total. The van der Waals surface area contributed by atoms with Gasteiger partial charge >= 0.3 is 12.0 Å². The Balaban J connectivity index is 2.29. The van der Waals surface area contributed by atoms with E-state index in [0.717, 1.165) is 12.0 Å². The lowest BCUT2D eigenvalue weighted by atomic mass is 10.1. The zero-order valence-electron chi connectivity index (χ0n) is 12.1. The number of halogens is 1. The van der Waals surface area contributed by atoms with Crippen LogP contribution in [0.1, 0.15) is 19.4 Å². The van der Waals surface area contributed by atoms with E-state index in [4.69, 9.17) is 25.8 Å². The summed E-state index contributed by atoms with van der Waals surface area (Å²) in [4.78, 5) is 11.8. The molecule has 1 heterocycles. The van der Waals surface area contributed by atoms with Crippen molar-refractivity contribution in [2.45, 2.75) is 20.3 Å². The molecule has 0 spiro atoms. The summed E-state index contributed by atoms with van der Waals surface area (Å²) < 4.78 is 16.1. The lowest BCUT2D eigenvalue weighted by Gasteiger charge is -2.10. The first-order chi connectivity index (χ1) is 10.2. The molecule has 0 N–H and O–H groups in total. The maximum absolute atomic E-state index is 5.82. The Bertz CT molecular complexity index is 622. The highest BCUT2D eigenvalue weighted by Crippen LogP contribution is 2.31. The third-order valence-electron chi connectivity index (χ3n) is 2.68. The van der Waals surface area contributed by atoms with Crippen molar-refractivity contribution in [1.29, 1.82) is 0 Å². The average Bonchev–Trinajstić information content (AvgIpc) is 2.47. The van der Waals surface area contributed by atoms with E-state index in [2.05, 4.69) is 21.9 Å². The number of rotatable bonds is 6. The quantitative estimate of drug-likeness (QED) is 0.815. The van der Waals surface area contributed by atoms with Crippen molar-refractivity contribution in [3.05, 3.63) is 29.0 Å². The normalized spacial score (nSPS) is 10.3. The van der Waals surface area contributed by atoms with Gasteiger partial charge < -0.3 is 14.2 Å². The second kappa shape index (κ2) is 7.08. The predicted molar refractivity (Wildman–Crippen MR) is 78.5 cm³/mol. The summed E-state index contributed by atoms with van der Waals surface area (Å²) in [5.74, 6) is 1.10. The second-order valence-corrected chi connectivity index (χ2v) is 4.38. The van der Waals surface area contributed by atoms with Gasteiger partial charge in [-0.05, 0) is 42.6 Å². The van der Waals surface area contributed by atoms with E-state index < -0.39 is 0 Å². The zero-order valence-corrected chi connectivity index (χ0v) is 12.8. The molecule has 0 aliphatic carbocycles. The predicted octanol–water partition coefficient (Wildman–Crippen LogP) is 3.29. The van der Waals surface area contributed by atoms with Crippen molar-refractivity contribution >= 4 is 11.6 Å². The Morgan fingerprint density at radius 3 is 2.48 bits per heavy atom.